The highest BCUT2D eigenvalue weighted by Gasteiger charge is 2.22. The summed E-state index contributed by atoms with van der Waals surface area (Å²) in [5.74, 6) is 10.7. The third-order valence-electron chi connectivity index (χ3n) is 8.61. The normalized spacial score (nSPS) is 24.3. The number of rotatable bonds is 9. The van der Waals surface area contributed by atoms with E-state index < -0.39 is 0 Å². The van der Waals surface area contributed by atoms with Crippen LogP contribution in [0.3, 0.4) is 0 Å². The molecule has 0 bridgehead atoms. The smallest absolute Gasteiger partial charge is 0.119 e. The Balaban J connectivity index is 1.18. The van der Waals surface area contributed by atoms with Crippen LogP contribution in [0.15, 0.2) is 60.7 Å². The second-order valence-corrected chi connectivity index (χ2v) is 11.1. The molecule has 0 aliphatic heterocycles. The quantitative estimate of drug-likeness (QED) is 0.255. The van der Waals surface area contributed by atoms with Crippen LogP contribution in [0.4, 0.5) is 0 Å². The monoisotopic (exact) mass is 482 g/mol. The average Bonchev–Trinajstić information content (AvgIpc) is 2.95. The molecule has 1 nitrogen and oxygen atoms in total. The molecular weight excluding hydrogens is 436 g/mol. The number of unbranched alkanes of at least 4 members (excludes halogenated alkanes) is 2. The van der Waals surface area contributed by atoms with E-state index in [1.54, 1.807) is 0 Å². The first kappa shape index (κ1) is 26.6. The van der Waals surface area contributed by atoms with E-state index in [1.807, 2.05) is 0 Å². The zero-order valence-electron chi connectivity index (χ0n) is 22.7. The van der Waals surface area contributed by atoms with Gasteiger partial charge in [-0.1, -0.05) is 75.3 Å². The lowest BCUT2D eigenvalue weighted by atomic mass is 9.78. The van der Waals surface area contributed by atoms with Gasteiger partial charge < -0.3 is 4.74 Å². The molecule has 4 rings (SSSR count). The van der Waals surface area contributed by atoms with Crippen LogP contribution in [0.25, 0.3) is 0 Å². The molecule has 2 aliphatic rings. The van der Waals surface area contributed by atoms with E-state index in [9.17, 15) is 0 Å². The Morgan fingerprint density at radius 3 is 1.97 bits per heavy atom. The van der Waals surface area contributed by atoms with E-state index in [4.69, 9.17) is 4.74 Å². The lowest BCUT2D eigenvalue weighted by molar-refractivity contribution is 0.306. The molecule has 192 valence electrons. The van der Waals surface area contributed by atoms with Crippen molar-refractivity contribution in [3.63, 3.8) is 0 Å². The van der Waals surface area contributed by atoms with Gasteiger partial charge in [0.1, 0.15) is 5.75 Å². The fraction of sp³-hybridized carbons (Fsp3) is 0.543. The summed E-state index contributed by atoms with van der Waals surface area (Å²) < 4.78 is 5.87. The van der Waals surface area contributed by atoms with Crippen LogP contribution in [0.2, 0.25) is 0 Å². The molecule has 0 aromatic heterocycles. The Bertz CT molecular complexity index is 972. The lowest BCUT2D eigenvalue weighted by Crippen LogP contribution is -2.12. The first-order valence-electron chi connectivity index (χ1n) is 14.8. The fourth-order valence-corrected chi connectivity index (χ4v) is 6.08. The van der Waals surface area contributed by atoms with E-state index in [0.29, 0.717) is 11.8 Å². The first-order chi connectivity index (χ1) is 17.7. The average molecular weight is 483 g/mol. The molecular formula is C35H46O. The Morgan fingerprint density at radius 1 is 0.750 bits per heavy atom. The SMILES string of the molecule is CCCCCOc1ccc([C@H]2CC[C@H](C=CC#Cc3ccc([C@H]4CC[C@H](CC)CC4)cc3)CC2)cc1. The standard InChI is InChI=1S/C35H46O/c1-3-5-8-27-36-35-25-23-34(24-26-35)33-21-15-30(16-22-33)10-7-6-9-29-13-19-32(20-14-29)31-17-11-28(4-2)12-18-31/h7,10,13-14,19-20,23-26,28,30-31,33H,3-5,8,11-12,15-18,21-22,27H2,1-2H3/t28-,30-,31-,33-. The molecule has 0 amide bonds. The van der Waals surface area contributed by atoms with Gasteiger partial charge >= 0.3 is 0 Å². The molecule has 0 N–H and O–H groups in total. The molecule has 2 saturated carbocycles. The van der Waals surface area contributed by atoms with Crippen molar-refractivity contribution in [2.45, 2.75) is 103 Å². The molecule has 0 radical (unpaired) electrons. The zero-order valence-corrected chi connectivity index (χ0v) is 22.7. The van der Waals surface area contributed by atoms with Crippen molar-refractivity contribution in [1.29, 1.82) is 0 Å². The third-order valence-corrected chi connectivity index (χ3v) is 8.61. The van der Waals surface area contributed by atoms with Gasteiger partial charge in [0.15, 0.2) is 0 Å². The molecule has 0 saturated heterocycles. The van der Waals surface area contributed by atoms with Gasteiger partial charge in [0.2, 0.25) is 0 Å². The zero-order chi connectivity index (χ0) is 25.0. The van der Waals surface area contributed by atoms with E-state index >= 15 is 0 Å². The minimum Gasteiger partial charge on any atom is -0.494 e. The Labute approximate surface area is 220 Å². The molecule has 2 aromatic rings. The van der Waals surface area contributed by atoms with Gasteiger partial charge in [-0.05, 0) is 123 Å². The van der Waals surface area contributed by atoms with Crippen LogP contribution < -0.4 is 4.74 Å². The molecule has 1 heteroatoms. The topological polar surface area (TPSA) is 9.23 Å². The summed E-state index contributed by atoms with van der Waals surface area (Å²) in [5.41, 5.74) is 4.11. The van der Waals surface area contributed by atoms with Crippen molar-refractivity contribution in [3.05, 3.63) is 77.4 Å². The summed E-state index contributed by atoms with van der Waals surface area (Å²) >= 11 is 0. The molecule has 36 heavy (non-hydrogen) atoms. The number of hydrogen-bond acceptors (Lipinski definition) is 1. The van der Waals surface area contributed by atoms with E-state index in [2.05, 4.69) is 86.4 Å². The van der Waals surface area contributed by atoms with Gasteiger partial charge in [-0.3, -0.25) is 0 Å². The number of ether oxygens (including phenoxy) is 1. The van der Waals surface area contributed by atoms with Gasteiger partial charge in [-0.2, -0.15) is 0 Å². The van der Waals surface area contributed by atoms with E-state index in [0.717, 1.165) is 36.2 Å². The molecule has 0 heterocycles. The Kier molecular flexibility index (Phi) is 10.6. The Morgan fingerprint density at radius 2 is 1.36 bits per heavy atom. The first-order valence-corrected chi connectivity index (χ1v) is 14.8. The second-order valence-electron chi connectivity index (χ2n) is 11.1. The van der Waals surface area contributed by atoms with Crippen LogP contribution in [0.5, 0.6) is 5.75 Å². The Hall–Kier alpha value is -2.46. The van der Waals surface area contributed by atoms with Crippen molar-refractivity contribution in [3.8, 4) is 17.6 Å². The summed E-state index contributed by atoms with van der Waals surface area (Å²) in [5, 5.41) is 0. The van der Waals surface area contributed by atoms with Gasteiger partial charge in [0.25, 0.3) is 0 Å². The highest BCUT2D eigenvalue weighted by atomic mass is 16.5. The molecule has 2 aliphatic carbocycles. The second kappa shape index (κ2) is 14.3. The number of allylic oxidation sites excluding steroid dienone is 2. The third kappa shape index (κ3) is 8.03. The van der Waals surface area contributed by atoms with Crippen molar-refractivity contribution in [2.24, 2.45) is 11.8 Å². The van der Waals surface area contributed by atoms with Crippen molar-refractivity contribution >= 4 is 0 Å². The van der Waals surface area contributed by atoms with Crippen LogP contribution >= 0.6 is 0 Å². The number of benzene rings is 2. The van der Waals surface area contributed by atoms with Crippen LogP contribution in [-0.2, 0) is 0 Å². The summed E-state index contributed by atoms with van der Waals surface area (Å²) in [6, 6.07) is 17.9. The molecule has 0 spiro atoms. The maximum Gasteiger partial charge on any atom is 0.119 e. The highest BCUT2D eigenvalue weighted by molar-refractivity contribution is 5.39. The van der Waals surface area contributed by atoms with E-state index in [1.165, 1.54) is 81.8 Å². The number of hydrogen-bond donors (Lipinski definition) is 0. The summed E-state index contributed by atoms with van der Waals surface area (Å²) in [7, 11) is 0. The van der Waals surface area contributed by atoms with Crippen molar-refractivity contribution in [1.82, 2.24) is 0 Å². The van der Waals surface area contributed by atoms with Crippen LogP contribution in [0, 0.1) is 23.7 Å². The minimum atomic E-state index is 0.664. The predicted molar refractivity (Wildman–Crippen MR) is 154 cm³/mol. The van der Waals surface area contributed by atoms with Gasteiger partial charge in [0.05, 0.1) is 6.61 Å². The van der Waals surface area contributed by atoms with E-state index in [-0.39, 0.29) is 0 Å². The summed E-state index contributed by atoms with van der Waals surface area (Å²) in [6.45, 7) is 5.40. The van der Waals surface area contributed by atoms with Gasteiger partial charge in [0, 0.05) is 5.56 Å². The maximum atomic E-state index is 5.87. The molecule has 2 fully saturated rings. The predicted octanol–water partition coefficient (Wildman–Crippen LogP) is 9.82. The van der Waals surface area contributed by atoms with Crippen LogP contribution in [0.1, 0.15) is 119 Å². The minimum absolute atomic E-state index is 0.664. The largest absolute Gasteiger partial charge is 0.494 e. The van der Waals surface area contributed by atoms with Crippen LogP contribution in [-0.4, -0.2) is 6.61 Å². The van der Waals surface area contributed by atoms with Crippen molar-refractivity contribution < 1.29 is 4.74 Å². The summed E-state index contributed by atoms with van der Waals surface area (Å²) in [6.07, 6.45) is 20.0. The van der Waals surface area contributed by atoms with Gasteiger partial charge in [-0.15, -0.1) is 0 Å². The molecule has 0 atom stereocenters. The molecule has 2 aromatic carbocycles. The fourth-order valence-electron chi connectivity index (χ4n) is 6.08. The van der Waals surface area contributed by atoms with Crippen molar-refractivity contribution in [2.75, 3.05) is 6.61 Å². The van der Waals surface area contributed by atoms with Gasteiger partial charge in [-0.25, -0.2) is 0 Å². The molecule has 0 unspecified atom stereocenters. The summed E-state index contributed by atoms with van der Waals surface area (Å²) in [4.78, 5) is 0. The maximum absolute atomic E-state index is 5.87. The highest BCUT2D eigenvalue weighted by Crippen LogP contribution is 2.38. The lowest BCUT2D eigenvalue weighted by Gasteiger charge is -2.28.